The third-order valence-corrected chi connectivity index (χ3v) is 3.38. The second-order valence-corrected chi connectivity index (χ2v) is 5.08. The van der Waals surface area contributed by atoms with Gasteiger partial charge in [0, 0.05) is 24.7 Å². The molecule has 0 aliphatic heterocycles. The van der Waals surface area contributed by atoms with Crippen molar-refractivity contribution in [3.63, 3.8) is 0 Å². The fourth-order valence-electron chi connectivity index (χ4n) is 2.25. The Bertz CT molecular complexity index is 720. The molecular formula is C17H20FN3O2. The van der Waals surface area contributed by atoms with E-state index in [1.807, 2.05) is 6.92 Å². The minimum Gasteiger partial charge on any atom is -0.447 e. The molecule has 0 radical (unpaired) electrons. The van der Waals surface area contributed by atoms with E-state index in [4.69, 9.17) is 10.2 Å². The van der Waals surface area contributed by atoms with Gasteiger partial charge in [-0.3, -0.25) is 4.99 Å². The van der Waals surface area contributed by atoms with Crippen LogP contribution >= 0.6 is 0 Å². The average Bonchev–Trinajstić information content (AvgIpc) is 2.99. The number of aliphatic hydroxyl groups is 1. The van der Waals surface area contributed by atoms with Gasteiger partial charge in [-0.15, -0.1) is 0 Å². The largest absolute Gasteiger partial charge is 0.447 e. The highest BCUT2D eigenvalue weighted by Gasteiger charge is 2.18. The molecule has 1 atom stereocenters. The Morgan fingerprint density at radius 3 is 2.96 bits per heavy atom. The number of hydrogen-bond donors (Lipinski definition) is 2. The van der Waals surface area contributed by atoms with Crippen LogP contribution in [-0.4, -0.2) is 22.8 Å². The molecule has 0 saturated heterocycles. The van der Waals surface area contributed by atoms with Gasteiger partial charge in [0.15, 0.2) is 6.39 Å². The Morgan fingerprint density at radius 1 is 1.52 bits per heavy atom. The summed E-state index contributed by atoms with van der Waals surface area (Å²) in [5, 5.41) is 9.89. The van der Waals surface area contributed by atoms with Crippen LogP contribution in [-0.2, 0) is 6.42 Å². The van der Waals surface area contributed by atoms with Crippen LogP contribution in [0, 0.1) is 5.82 Å². The molecule has 0 amide bonds. The predicted octanol–water partition coefficient (Wildman–Crippen LogP) is 3.01. The number of nitrogens with zero attached hydrogens (tertiary/aromatic N) is 2. The van der Waals surface area contributed by atoms with Crippen LogP contribution in [0.5, 0.6) is 0 Å². The Labute approximate surface area is 134 Å². The Morgan fingerprint density at radius 2 is 2.30 bits per heavy atom. The molecule has 0 aliphatic carbocycles. The molecule has 23 heavy (non-hydrogen) atoms. The van der Waals surface area contributed by atoms with E-state index in [1.165, 1.54) is 24.7 Å². The molecule has 2 rings (SSSR count). The summed E-state index contributed by atoms with van der Waals surface area (Å²) in [5.74, 6) is 0.171. The zero-order valence-electron chi connectivity index (χ0n) is 13.2. The zero-order chi connectivity index (χ0) is 16.8. The third-order valence-electron chi connectivity index (χ3n) is 3.38. The fraction of sp³-hybridized carbons (Fsp3) is 0.294. The summed E-state index contributed by atoms with van der Waals surface area (Å²) in [6.07, 6.45) is 4.06. The monoisotopic (exact) mass is 317 g/mol. The maximum Gasteiger partial charge on any atom is 0.181 e. The van der Waals surface area contributed by atoms with Crippen LogP contribution in [0.3, 0.4) is 0 Å². The van der Waals surface area contributed by atoms with Crippen LogP contribution in [0.15, 0.2) is 45.8 Å². The lowest BCUT2D eigenvalue weighted by Crippen LogP contribution is -2.00. The first kappa shape index (κ1) is 16.9. The summed E-state index contributed by atoms with van der Waals surface area (Å²) in [5.41, 5.74) is 8.05. The van der Waals surface area contributed by atoms with Crippen molar-refractivity contribution in [3.8, 4) is 11.3 Å². The smallest absolute Gasteiger partial charge is 0.181 e. The predicted molar refractivity (Wildman–Crippen MR) is 87.5 cm³/mol. The summed E-state index contributed by atoms with van der Waals surface area (Å²) in [4.78, 5) is 8.37. The molecule has 0 fully saturated rings. The lowest BCUT2D eigenvalue weighted by atomic mass is 9.98. The number of aliphatic hydroxyl groups excluding tert-OH is 1. The van der Waals surface area contributed by atoms with Gasteiger partial charge in [-0.1, -0.05) is 0 Å². The first-order valence-corrected chi connectivity index (χ1v) is 7.37. The van der Waals surface area contributed by atoms with E-state index in [2.05, 4.69) is 9.98 Å². The number of hydrogen-bond acceptors (Lipinski definition) is 5. The van der Waals surface area contributed by atoms with Gasteiger partial charge in [-0.25, -0.2) is 9.37 Å². The topological polar surface area (TPSA) is 84.6 Å². The highest BCUT2D eigenvalue weighted by Crippen LogP contribution is 2.31. The molecule has 1 aromatic heterocycles. The standard InChI is InChI=1S/C17H20FN3O2/c1-3-20-9-12(8-19)6-16-17(21-10-23-16)14-5-4-13(18)7-15(14)11(2)22/h4-5,7-11,22H,3,6,19H2,1-2H3/t11-/m1/s1. The van der Waals surface area contributed by atoms with Crippen LogP contribution in [0.2, 0.25) is 0 Å². The molecule has 1 aromatic carbocycles. The molecule has 0 bridgehead atoms. The SMILES string of the molecule is CCN=CC(=CN)Cc1ocnc1-c1ccc(F)cc1[C@@H](C)O. The quantitative estimate of drug-likeness (QED) is 0.802. The van der Waals surface area contributed by atoms with Crippen molar-refractivity contribution in [3.05, 3.63) is 53.5 Å². The zero-order valence-corrected chi connectivity index (χ0v) is 13.2. The fourth-order valence-corrected chi connectivity index (χ4v) is 2.25. The van der Waals surface area contributed by atoms with Gasteiger partial charge in [-0.05, 0) is 49.4 Å². The van der Waals surface area contributed by atoms with Crippen LogP contribution in [0.25, 0.3) is 11.3 Å². The summed E-state index contributed by atoms with van der Waals surface area (Å²) >= 11 is 0. The third kappa shape index (κ3) is 4.04. The molecule has 0 aliphatic rings. The molecule has 1 heterocycles. The van der Waals surface area contributed by atoms with Gasteiger partial charge < -0.3 is 15.3 Å². The highest BCUT2D eigenvalue weighted by molar-refractivity contribution is 5.79. The maximum atomic E-state index is 13.5. The summed E-state index contributed by atoms with van der Waals surface area (Å²) in [7, 11) is 0. The van der Waals surface area contributed by atoms with Crippen molar-refractivity contribution < 1.29 is 13.9 Å². The van der Waals surface area contributed by atoms with Crippen LogP contribution < -0.4 is 5.73 Å². The first-order chi connectivity index (χ1) is 11.1. The van der Waals surface area contributed by atoms with Gasteiger partial charge >= 0.3 is 0 Å². The number of benzene rings is 1. The Balaban J connectivity index is 2.40. The van der Waals surface area contributed by atoms with Gasteiger partial charge in [-0.2, -0.15) is 0 Å². The van der Waals surface area contributed by atoms with Gasteiger partial charge in [0.25, 0.3) is 0 Å². The number of nitrogens with two attached hydrogens (primary N) is 1. The van der Waals surface area contributed by atoms with Crippen molar-refractivity contribution in [1.82, 2.24) is 4.98 Å². The number of aliphatic imine (C=N–C) groups is 1. The average molecular weight is 317 g/mol. The number of oxazole rings is 1. The van der Waals surface area contributed by atoms with Crippen molar-refractivity contribution >= 4 is 6.21 Å². The van der Waals surface area contributed by atoms with E-state index < -0.39 is 11.9 Å². The van der Waals surface area contributed by atoms with Gasteiger partial charge in [0.1, 0.15) is 17.3 Å². The van der Waals surface area contributed by atoms with E-state index in [0.29, 0.717) is 35.5 Å². The molecule has 0 spiro atoms. The molecule has 122 valence electrons. The van der Waals surface area contributed by atoms with Gasteiger partial charge in [0.05, 0.1) is 6.10 Å². The molecule has 0 saturated carbocycles. The summed E-state index contributed by atoms with van der Waals surface area (Å²) in [6.45, 7) is 4.17. The summed E-state index contributed by atoms with van der Waals surface area (Å²) < 4.78 is 18.9. The van der Waals surface area contributed by atoms with Crippen molar-refractivity contribution in [2.45, 2.75) is 26.4 Å². The first-order valence-electron chi connectivity index (χ1n) is 7.37. The molecule has 2 aromatic rings. The van der Waals surface area contributed by atoms with Crippen LogP contribution in [0.1, 0.15) is 31.3 Å². The van der Waals surface area contributed by atoms with E-state index in [0.717, 1.165) is 5.57 Å². The molecule has 6 heteroatoms. The van der Waals surface area contributed by atoms with Crippen molar-refractivity contribution in [2.75, 3.05) is 6.54 Å². The van der Waals surface area contributed by atoms with Crippen molar-refractivity contribution in [1.29, 1.82) is 0 Å². The normalized spacial score (nSPS) is 13.7. The lowest BCUT2D eigenvalue weighted by molar-refractivity contribution is 0.199. The Hall–Kier alpha value is -2.47. The van der Waals surface area contributed by atoms with Crippen molar-refractivity contribution in [2.24, 2.45) is 10.7 Å². The highest BCUT2D eigenvalue weighted by atomic mass is 19.1. The Kier molecular flexibility index (Phi) is 5.65. The number of allylic oxidation sites excluding steroid dienone is 1. The number of halogens is 1. The minimum atomic E-state index is -0.823. The summed E-state index contributed by atoms with van der Waals surface area (Å²) in [6, 6.07) is 4.22. The second kappa shape index (κ2) is 7.69. The van der Waals surface area contributed by atoms with Crippen LogP contribution in [0.4, 0.5) is 4.39 Å². The second-order valence-electron chi connectivity index (χ2n) is 5.08. The van der Waals surface area contributed by atoms with E-state index >= 15 is 0 Å². The minimum absolute atomic E-state index is 0.409. The molecule has 3 N–H and O–H groups in total. The van der Waals surface area contributed by atoms with E-state index in [1.54, 1.807) is 19.2 Å². The van der Waals surface area contributed by atoms with E-state index in [9.17, 15) is 9.50 Å². The number of rotatable bonds is 6. The van der Waals surface area contributed by atoms with E-state index in [-0.39, 0.29) is 0 Å². The maximum absolute atomic E-state index is 13.5. The number of aromatic nitrogens is 1. The van der Waals surface area contributed by atoms with Gasteiger partial charge in [0.2, 0.25) is 0 Å². The molecule has 5 nitrogen and oxygen atoms in total. The molecule has 0 unspecified atom stereocenters. The lowest BCUT2D eigenvalue weighted by Gasteiger charge is -2.11. The molecular weight excluding hydrogens is 297 g/mol.